The quantitative estimate of drug-likeness (QED) is 0.437. The molecule has 0 aliphatic carbocycles. The van der Waals surface area contributed by atoms with Crippen molar-refractivity contribution in [1.82, 2.24) is 10.2 Å². The van der Waals surface area contributed by atoms with Crippen molar-refractivity contribution in [1.29, 1.82) is 0 Å². The van der Waals surface area contributed by atoms with Gasteiger partial charge in [-0.15, -0.1) is 0 Å². The Bertz CT molecular complexity index is 1180. The molecular formula is C31H37N3O3. The second-order valence-electron chi connectivity index (χ2n) is 10.2. The van der Waals surface area contributed by atoms with Gasteiger partial charge >= 0.3 is 0 Å². The zero-order valence-corrected chi connectivity index (χ0v) is 21.7. The van der Waals surface area contributed by atoms with Crippen LogP contribution in [0.4, 0.5) is 0 Å². The first-order valence-electron chi connectivity index (χ1n) is 13.1. The van der Waals surface area contributed by atoms with E-state index in [1.165, 1.54) is 5.56 Å². The lowest BCUT2D eigenvalue weighted by atomic mass is 9.97. The van der Waals surface area contributed by atoms with Gasteiger partial charge in [0, 0.05) is 19.5 Å². The van der Waals surface area contributed by atoms with Crippen LogP contribution < -0.4 is 15.8 Å². The van der Waals surface area contributed by atoms with E-state index < -0.39 is 12.1 Å². The summed E-state index contributed by atoms with van der Waals surface area (Å²) in [5.74, 6) is 0.680. The third kappa shape index (κ3) is 7.43. The highest BCUT2D eigenvalue weighted by atomic mass is 16.5. The highest BCUT2D eigenvalue weighted by molar-refractivity contribution is 5.90. The Morgan fingerprint density at radius 3 is 2.30 bits per heavy atom. The summed E-state index contributed by atoms with van der Waals surface area (Å²) in [6.45, 7) is 5.73. The lowest BCUT2D eigenvalue weighted by molar-refractivity contribution is -0.137. The fourth-order valence-corrected chi connectivity index (χ4v) is 4.70. The Labute approximate surface area is 219 Å². The number of benzene rings is 3. The monoisotopic (exact) mass is 499 g/mol. The molecule has 0 saturated heterocycles. The molecule has 0 aromatic heterocycles. The van der Waals surface area contributed by atoms with Gasteiger partial charge in [0.25, 0.3) is 0 Å². The molecule has 2 atom stereocenters. The third-order valence-electron chi connectivity index (χ3n) is 6.73. The van der Waals surface area contributed by atoms with Gasteiger partial charge in [-0.3, -0.25) is 9.59 Å². The molecule has 0 radical (unpaired) electrons. The number of amides is 2. The summed E-state index contributed by atoms with van der Waals surface area (Å²) in [7, 11) is 0. The number of rotatable bonds is 10. The highest BCUT2D eigenvalue weighted by Gasteiger charge is 2.30. The van der Waals surface area contributed by atoms with Gasteiger partial charge in [0.1, 0.15) is 18.4 Å². The van der Waals surface area contributed by atoms with Crippen molar-refractivity contribution in [2.45, 2.75) is 58.3 Å². The van der Waals surface area contributed by atoms with E-state index in [1.807, 2.05) is 85.5 Å². The van der Waals surface area contributed by atoms with E-state index in [4.69, 9.17) is 10.5 Å². The Balaban J connectivity index is 1.45. The predicted molar refractivity (Wildman–Crippen MR) is 146 cm³/mol. The number of hydrogen-bond donors (Lipinski definition) is 2. The van der Waals surface area contributed by atoms with Crippen molar-refractivity contribution in [3.05, 3.63) is 101 Å². The number of nitrogens with zero attached hydrogens (tertiary/aromatic N) is 1. The van der Waals surface area contributed by atoms with E-state index in [2.05, 4.69) is 17.4 Å². The van der Waals surface area contributed by atoms with Gasteiger partial charge in [-0.1, -0.05) is 80.6 Å². The molecule has 3 N–H and O–H groups in total. The first-order chi connectivity index (χ1) is 17.9. The number of nitrogens with one attached hydrogen (secondary N) is 1. The molecule has 1 heterocycles. The molecule has 0 spiro atoms. The Morgan fingerprint density at radius 2 is 1.59 bits per heavy atom. The fraction of sp³-hybridized carbons (Fsp3) is 0.355. The van der Waals surface area contributed by atoms with Crippen molar-refractivity contribution in [2.24, 2.45) is 11.7 Å². The minimum atomic E-state index is -0.688. The molecule has 1 aliphatic heterocycles. The van der Waals surface area contributed by atoms with Crippen LogP contribution in [0.15, 0.2) is 78.9 Å². The molecule has 6 heteroatoms. The van der Waals surface area contributed by atoms with Crippen LogP contribution in [0.2, 0.25) is 0 Å². The summed E-state index contributed by atoms with van der Waals surface area (Å²) < 4.78 is 5.90. The average Bonchev–Trinajstić information content (AvgIpc) is 2.91. The topological polar surface area (TPSA) is 84.7 Å². The molecule has 0 saturated carbocycles. The first-order valence-corrected chi connectivity index (χ1v) is 13.1. The maximum Gasteiger partial charge on any atom is 0.245 e. The first kappa shape index (κ1) is 26.4. The SMILES string of the molecule is CC(C)CC(N)C(=O)NC(Cc1ccc(OCc2ccccc2)cc1)C(=O)N1CCc2ccccc2C1. The van der Waals surface area contributed by atoms with Crippen molar-refractivity contribution < 1.29 is 14.3 Å². The van der Waals surface area contributed by atoms with Gasteiger partial charge in [0.05, 0.1) is 6.04 Å². The van der Waals surface area contributed by atoms with Crippen molar-refractivity contribution >= 4 is 11.8 Å². The standard InChI is InChI=1S/C31H37N3O3/c1-22(2)18-28(32)30(35)33-29(31(36)34-17-16-25-10-6-7-11-26(25)20-34)19-23-12-14-27(15-13-23)37-21-24-8-4-3-5-9-24/h3-15,22,28-29H,16-21,32H2,1-2H3,(H,33,35). The van der Waals surface area contributed by atoms with Crippen LogP contribution in [0, 0.1) is 5.92 Å². The maximum absolute atomic E-state index is 13.7. The fourth-order valence-electron chi connectivity index (χ4n) is 4.70. The van der Waals surface area contributed by atoms with Crippen LogP contribution in [0.1, 0.15) is 42.5 Å². The Kier molecular flexibility index (Phi) is 8.96. The predicted octanol–water partition coefficient (Wildman–Crippen LogP) is 4.25. The lowest BCUT2D eigenvalue weighted by Gasteiger charge is -2.32. The van der Waals surface area contributed by atoms with Gasteiger partial charge in [-0.05, 0) is 53.1 Å². The normalized spacial score (nSPS) is 14.5. The summed E-state index contributed by atoms with van der Waals surface area (Å²) in [4.78, 5) is 28.4. The molecule has 194 valence electrons. The van der Waals surface area contributed by atoms with E-state index in [0.29, 0.717) is 32.5 Å². The highest BCUT2D eigenvalue weighted by Crippen LogP contribution is 2.21. The minimum absolute atomic E-state index is 0.0796. The molecule has 3 aromatic rings. The molecule has 0 bridgehead atoms. The minimum Gasteiger partial charge on any atom is -0.489 e. The summed E-state index contributed by atoms with van der Waals surface area (Å²) in [6.07, 6.45) is 1.76. The molecule has 2 unspecified atom stereocenters. The van der Waals surface area contributed by atoms with E-state index in [1.54, 1.807) is 0 Å². The van der Waals surface area contributed by atoms with Crippen molar-refractivity contribution in [3.63, 3.8) is 0 Å². The maximum atomic E-state index is 13.7. The average molecular weight is 500 g/mol. The number of hydrogen-bond acceptors (Lipinski definition) is 4. The molecule has 37 heavy (non-hydrogen) atoms. The Morgan fingerprint density at radius 1 is 0.919 bits per heavy atom. The molecule has 2 amide bonds. The number of fused-ring (bicyclic) bond motifs is 1. The molecule has 3 aromatic carbocycles. The largest absolute Gasteiger partial charge is 0.489 e. The van der Waals surface area contributed by atoms with Crippen LogP contribution in [-0.2, 0) is 35.6 Å². The van der Waals surface area contributed by atoms with Crippen molar-refractivity contribution in [3.8, 4) is 5.75 Å². The summed E-state index contributed by atoms with van der Waals surface area (Å²) in [5.41, 5.74) is 10.6. The molecule has 6 nitrogen and oxygen atoms in total. The smallest absolute Gasteiger partial charge is 0.245 e. The molecule has 1 aliphatic rings. The van der Waals surface area contributed by atoms with Gasteiger partial charge in [-0.2, -0.15) is 0 Å². The summed E-state index contributed by atoms with van der Waals surface area (Å²) >= 11 is 0. The van der Waals surface area contributed by atoms with Crippen LogP contribution >= 0.6 is 0 Å². The number of carbonyl (C=O) groups excluding carboxylic acids is 2. The zero-order chi connectivity index (χ0) is 26.2. The molecular weight excluding hydrogens is 462 g/mol. The van der Waals surface area contributed by atoms with E-state index in [9.17, 15) is 9.59 Å². The van der Waals surface area contributed by atoms with Gasteiger partial charge in [0.2, 0.25) is 11.8 Å². The second-order valence-corrected chi connectivity index (χ2v) is 10.2. The van der Waals surface area contributed by atoms with Gasteiger partial charge < -0.3 is 20.7 Å². The van der Waals surface area contributed by atoms with Crippen LogP contribution in [0.5, 0.6) is 5.75 Å². The third-order valence-corrected chi connectivity index (χ3v) is 6.73. The van der Waals surface area contributed by atoms with E-state index in [0.717, 1.165) is 28.9 Å². The van der Waals surface area contributed by atoms with Gasteiger partial charge in [-0.25, -0.2) is 0 Å². The van der Waals surface area contributed by atoms with Crippen LogP contribution in [0.25, 0.3) is 0 Å². The van der Waals surface area contributed by atoms with E-state index >= 15 is 0 Å². The van der Waals surface area contributed by atoms with Crippen molar-refractivity contribution in [2.75, 3.05) is 6.54 Å². The van der Waals surface area contributed by atoms with Crippen LogP contribution in [-0.4, -0.2) is 35.3 Å². The molecule has 4 rings (SSSR count). The second kappa shape index (κ2) is 12.5. The zero-order valence-electron chi connectivity index (χ0n) is 21.7. The summed E-state index contributed by atoms with van der Waals surface area (Å²) in [5, 5.41) is 2.97. The number of carbonyl (C=O) groups is 2. The number of nitrogens with two attached hydrogens (primary N) is 1. The summed E-state index contributed by atoms with van der Waals surface area (Å²) in [6, 6.07) is 24.6. The Hall–Kier alpha value is -3.64. The lowest BCUT2D eigenvalue weighted by Crippen LogP contribution is -2.54. The van der Waals surface area contributed by atoms with Crippen LogP contribution in [0.3, 0.4) is 0 Å². The van der Waals surface area contributed by atoms with E-state index in [-0.39, 0.29) is 17.7 Å². The van der Waals surface area contributed by atoms with Gasteiger partial charge in [0.15, 0.2) is 0 Å². The molecule has 0 fully saturated rings. The number of ether oxygens (including phenoxy) is 1.